The lowest BCUT2D eigenvalue weighted by Gasteiger charge is -2.30. The van der Waals surface area contributed by atoms with Gasteiger partial charge in [0, 0.05) is 25.8 Å². The van der Waals surface area contributed by atoms with E-state index in [9.17, 15) is 27.6 Å². The maximum absolute atomic E-state index is 13.9. The van der Waals surface area contributed by atoms with Crippen LogP contribution >= 0.6 is 0 Å². The van der Waals surface area contributed by atoms with Crippen LogP contribution in [0.3, 0.4) is 0 Å². The first-order valence-corrected chi connectivity index (χ1v) is 15.0. The molecule has 2 bridgehead atoms. The van der Waals surface area contributed by atoms with Gasteiger partial charge in [0.15, 0.2) is 0 Å². The average Bonchev–Trinajstić information content (AvgIpc) is 3.67. The highest BCUT2D eigenvalue weighted by atomic mass is 19.4. The number of likely N-dealkylation sites (tertiary alicyclic amines) is 1. The Morgan fingerprint density at radius 2 is 1.75 bits per heavy atom. The minimum Gasteiger partial charge on any atom is -0.494 e. The first-order valence-electron chi connectivity index (χ1n) is 15.0. The number of halogens is 3. The third kappa shape index (κ3) is 8.03. The third-order valence-corrected chi connectivity index (χ3v) is 8.16. The normalized spacial score (nSPS) is 23.8. The summed E-state index contributed by atoms with van der Waals surface area (Å²) in [6.07, 6.45) is -1.75. The zero-order chi connectivity index (χ0) is 31.1. The van der Waals surface area contributed by atoms with Gasteiger partial charge in [-0.2, -0.15) is 23.4 Å². The highest BCUT2D eigenvalue weighted by molar-refractivity contribution is 6.12. The molecule has 0 aliphatic carbocycles. The summed E-state index contributed by atoms with van der Waals surface area (Å²) in [6.45, 7) is 0.784. The maximum atomic E-state index is 13.9. The second kappa shape index (κ2) is 14.0. The van der Waals surface area contributed by atoms with Crippen LogP contribution in [0.1, 0.15) is 56.1 Å². The Balaban J connectivity index is 1.43. The van der Waals surface area contributed by atoms with E-state index in [-0.39, 0.29) is 24.5 Å². The lowest BCUT2D eigenvalue weighted by atomic mass is 9.98. The quantitative estimate of drug-likeness (QED) is 0.529. The number of amides is 3. The number of hydrogen-bond acceptors (Lipinski definition) is 6. The zero-order valence-electron chi connectivity index (χ0n) is 24.3. The van der Waals surface area contributed by atoms with Gasteiger partial charge in [0.2, 0.25) is 17.7 Å². The van der Waals surface area contributed by atoms with Gasteiger partial charge < -0.3 is 20.3 Å². The van der Waals surface area contributed by atoms with E-state index in [1.165, 1.54) is 0 Å². The number of hydrogen-bond donors (Lipinski definition) is 2. The fourth-order valence-electron chi connectivity index (χ4n) is 5.77. The van der Waals surface area contributed by atoms with Crippen LogP contribution in [0.2, 0.25) is 0 Å². The zero-order valence-corrected chi connectivity index (χ0v) is 24.3. The molecule has 2 aromatic rings. The Labute approximate surface area is 253 Å². The number of carbonyl (C=O) groups excluding carboxylic acids is 3. The maximum Gasteiger partial charge on any atom is 0.431 e. The van der Waals surface area contributed by atoms with Crippen molar-refractivity contribution in [3.05, 3.63) is 65.7 Å². The first-order chi connectivity index (χ1) is 21.2. The molecule has 9 nitrogen and oxygen atoms in total. The highest BCUT2D eigenvalue weighted by Gasteiger charge is 2.41. The number of carbonyl (C=O) groups is 3. The Bertz CT molecular complexity index is 1410. The van der Waals surface area contributed by atoms with Crippen molar-refractivity contribution in [2.45, 2.75) is 82.1 Å². The Morgan fingerprint density at radius 1 is 0.932 bits per heavy atom. The molecule has 3 atom stereocenters. The molecule has 234 valence electrons. The number of nitrogens with zero attached hydrogens (tertiary/aromatic N) is 3. The minimum atomic E-state index is -4.62. The van der Waals surface area contributed by atoms with E-state index in [2.05, 4.69) is 20.8 Å². The molecule has 0 aromatic heterocycles. The standard InChI is InChI=1S/C32H36F3N5O4/c33-32(34,35)28-20-26(38-39-28)24-12-4-5-17-44-23-11-6-10-22(18-23)19-27(40-16-7-13-29(40)41)31(43)37-25(30(42)36-24)15-14-21-8-2-1-3-9-21/h1-3,6,8-11,18,24-25,27H,4-5,7,12-17,19-20H2,(H,36,42)(H,37,43)/t24-,25-,27-/m0/s1. The molecular formula is C32H36F3N5O4. The van der Waals surface area contributed by atoms with Crippen molar-refractivity contribution in [2.24, 2.45) is 10.2 Å². The summed E-state index contributed by atoms with van der Waals surface area (Å²) in [5.41, 5.74) is 0.891. The van der Waals surface area contributed by atoms with Crippen LogP contribution in [0.15, 0.2) is 64.8 Å². The monoisotopic (exact) mass is 611 g/mol. The van der Waals surface area contributed by atoms with Gasteiger partial charge in [-0.05, 0) is 61.8 Å². The molecule has 3 heterocycles. The lowest BCUT2D eigenvalue weighted by molar-refractivity contribution is -0.138. The van der Waals surface area contributed by atoms with Crippen molar-refractivity contribution in [1.82, 2.24) is 15.5 Å². The van der Waals surface area contributed by atoms with Crippen molar-refractivity contribution in [3.8, 4) is 5.75 Å². The minimum absolute atomic E-state index is 0.120. The highest BCUT2D eigenvalue weighted by Crippen LogP contribution is 2.25. The van der Waals surface area contributed by atoms with Gasteiger partial charge in [-0.3, -0.25) is 14.4 Å². The molecule has 5 rings (SSSR count). The van der Waals surface area contributed by atoms with E-state index in [4.69, 9.17) is 4.74 Å². The summed E-state index contributed by atoms with van der Waals surface area (Å²) in [5, 5.41) is 12.9. The van der Waals surface area contributed by atoms with Crippen LogP contribution in [0.25, 0.3) is 0 Å². The number of benzene rings is 2. The number of alkyl halides is 3. The van der Waals surface area contributed by atoms with E-state index in [1.54, 1.807) is 4.90 Å². The SMILES string of the molecule is O=C1N[C@H](C2=NN=C(C(F)(F)F)C2)CCCCOc2cccc(c2)C[C@H](N2CCCC2=O)C(=O)N[C@H]1CCc1ccccc1. The van der Waals surface area contributed by atoms with Crippen LogP contribution < -0.4 is 15.4 Å². The molecule has 44 heavy (non-hydrogen) atoms. The number of rotatable bonds is 5. The first kappa shape index (κ1) is 31.2. The summed E-state index contributed by atoms with van der Waals surface area (Å²) in [5.74, 6) is -0.504. The van der Waals surface area contributed by atoms with Gasteiger partial charge >= 0.3 is 6.18 Å². The molecule has 0 spiro atoms. The Hall–Kier alpha value is -4.22. The molecule has 3 aliphatic rings. The second-order valence-electron chi connectivity index (χ2n) is 11.4. The van der Waals surface area contributed by atoms with E-state index in [0.717, 1.165) is 11.1 Å². The van der Waals surface area contributed by atoms with Gasteiger partial charge in [-0.15, -0.1) is 0 Å². The molecule has 3 amide bonds. The van der Waals surface area contributed by atoms with Crippen LogP contribution in [0.4, 0.5) is 13.2 Å². The van der Waals surface area contributed by atoms with Gasteiger partial charge in [-0.1, -0.05) is 42.5 Å². The summed E-state index contributed by atoms with van der Waals surface area (Å²) in [7, 11) is 0. The topological polar surface area (TPSA) is 112 Å². The number of nitrogens with one attached hydrogen (secondary N) is 2. The van der Waals surface area contributed by atoms with Gasteiger partial charge in [0.25, 0.3) is 0 Å². The van der Waals surface area contributed by atoms with Crippen LogP contribution in [0, 0.1) is 0 Å². The van der Waals surface area contributed by atoms with Crippen LogP contribution in [0.5, 0.6) is 5.75 Å². The number of aryl methyl sites for hydroxylation is 1. The summed E-state index contributed by atoms with van der Waals surface area (Å²) in [6, 6.07) is 14.2. The van der Waals surface area contributed by atoms with Crippen molar-refractivity contribution >= 4 is 29.1 Å². The number of ether oxygens (including phenoxy) is 1. The van der Waals surface area contributed by atoms with Gasteiger partial charge in [0.1, 0.15) is 23.5 Å². The predicted molar refractivity (Wildman–Crippen MR) is 158 cm³/mol. The fourth-order valence-corrected chi connectivity index (χ4v) is 5.77. The summed E-state index contributed by atoms with van der Waals surface area (Å²) >= 11 is 0. The Kier molecular flexibility index (Phi) is 9.96. The fraction of sp³-hybridized carbons (Fsp3) is 0.469. The molecular weight excluding hydrogens is 575 g/mol. The van der Waals surface area contributed by atoms with E-state index in [1.807, 2.05) is 54.6 Å². The largest absolute Gasteiger partial charge is 0.494 e. The molecule has 0 unspecified atom stereocenters. The molecule has 1 fully saturated rings. The molecule has 12 heteroatoms. The molecule has 0 radical (unpaired) electrons. The second-order valence-corrected chi connectivity index (χ2v) is 11.4. The smallest absolute Gasteiger partial charge is 0.431 e. The van der Waals surface area contributed by atoms with E-state index < -0.39 is 48.2 Å². The molecule has 3 aliphatic heterocycles. The van der Waals surface area contributed by atoms with Crippen molar-refractivity contribution in [3.63, 3.8) is 0 Å². The Morgan fingerprint density at radius 3 is 2.48 bits per heavy atom. The van der Waals surface area contributed by atoms with Gasteiger partial charge in [-0.25, -0.2) is 0 Å². The van der Waals surface area contributed by atoms with E-state index in [0.29, 0.717) is 57.4 Å². The average molecular weight is 612 g/mol. The molecule has 2 N–H and O–H groups in total. The van der Waals surface area contributed by atoms with Crippen molar-refractivity contribution < 1.29 is 32.3 Å². The van der Waals surface area contributed by atoms with Crippen LogP contribution in [-0.2, 0) is 27.2 Å². The summed E-state index contributed by atoms with van der Waals surface area (Å²) in [4.78, 5) is 42.1. The van der Waals surface area contributed by atoms with Crippen LogP contribution in [-0.4, -0.2) is 71.5 Å². The third-order valence-electron chi connectivity index (χ3n) is 8.16. The molecule has 2 aromatic carbocycles. The molecule has 1 saturated heterocycles. The van der Waals surface area contributed by atoms with E-state index >= 15 is 0 Å². The van der Waals surface area contributed by atoms with Crippen molar-refractivity contribution in [2.75, 3.05) is 13.2 Å². The van der Waals surface area contributed by atoms with Crippen molar-refractivity contribution in [1.29, 1.82) is 0 Å². The molecule has 0 saturated carbocycles. The summed E-state index contributed by atoms with van der Waals surface area (Å²) < 4.78 is 46.0. The lowest BCUT2D eigenvalue weighted by Crippen LogP contribution is -2.56. The van der Waals surface area contributed by atoms with Gasteiger partial charge in [0.05, 0.1) is 18.4 Å². The predicted octanol–water partition coefficient (Wildman–Crippen LogP) is 4.15. The number of fused-ring (bicyclic) bond motifs is 2.